The molecule has 1 N–H and O–H groups in total. The van der Waals surface area contributed by atoms with Crippen LogP contribution in [0.1, 0.15) is 24.3 Å². The Hall–Kier alpha value is -2.73. The summed E-state index contributed by atoms with van der Waals surface area (Å²) in [7, 11) is 0. The fraction of sp³-hybridized carbons (Fsp3) is 0.167. The Morgan fingerprint density at radius 3 is 2.79 bits per heavy atom. The zero-order valence-corrected chi connectivity index (χ0v) is 14.2. The number of nitrogens with one attached hydrogen (secondary N) is 1. The third-order valence-corrected chi connectivity index (χ3v) is 4.03. The molecule has 0 atom stereocenters. The molecule has 0 bridgehead atoms. The Morgan fingerprint density at radius 1 is 1.21 bits per heavy atom. The molecule has 2 aromatic heterocycles. The second-order valence-corrected chi connectivity index (χ2v) is 6.25. The summed E-state index contributed by atoms with van der Waals surface area (Å²) in [5, 5.41) is 5.37. The number of carbonyl (C=O) groups is 1. The number of carbonyl (C=O) groups excluding carboxylic acids is 1. The van der Waals surface area contributed by atoms with Crippen LogP contribution in [0.2, 0.25) is 0 Å². The molecule has 0 radical (unpaired) electrons. The first-order valence-corrected chi connectivity index (χ1v) is 8.44. The Bertz CT molecular complexity index is 831. The van der Waals surface area contributed by atoms with Crippen molar-refractivity contribution in [2.24, 2.45) is 0 Å². The van der Waals surface area contributed by atoms with Crippen molar-refractivity contribution < 1.29 is 9.53 Å². The number of para-hydroxylation sites is 2. The zero-order valence-electron chi connectivity index (χ0n) is 13.4. The average Bonchev–Trinajstić information content (AvgIpc) is 3.07. The molecule has 2 heterocycles. The van der Waals surface area contributed by atoms with E-state index in [2.05, 4.69) is 15.3 Å². The van der Waals surface area contributed by atoms with E-state index < -0.39 is 0 Å². The number of benzene rings is 1. The Kier molecular flexibility index (Phi) is 4.86. The van der Waals surface area contributed by atoms with E-state index in [0.29, 0.717) is 17.1 Å². The van der Waals surface area contributed by atoms with E-state index in [1.54, 1.807) is 17.8 Å². The maximum Gasteiger partial charge on any atom is 0.275 e. The molecule has 5 nitrogen and oxygen atoms in total. The van der Waals surface area contributed by atoms with E-state index in [0.717, 1.165) is 10.6 Å². The third kappa shape index (κ3) is 3.78. The van der Waals surface area contributed by atoms with Crippen LogP contribution in [0.5, 0.6) is 5.75 Å². The maximum absolute atomic E-state index is 12.5. The second kappa shape index (κ2) is 7.23. The lowest BCUT2D eigenvalue weighted by atomic mass is 10.2. The number of thiazole rings is 1. The summed E-state index contributed by atoms with van der Waals surface area (Å²) < 4.78 is 5.72. The molecule has 122 valence electrons. The highest BCUT2D eigenvalue weighted by Crippen LogP contribution is 2.27. The predicted molar refractivity (Wildman–Crippen MR) is 95.5 cm³/mol. The van der Waals surface area contributed by atoms with Gasteiger partial charge < -0.3 is 10.1 Å². The molecule has 24 heavy (non-hydrogen) atoms. The fourth-order valence-electron chi connectivity index (χ4n) is 2.11. The van der Waals surface area contributed by atoms with Crippen LogP contribution in [0.15, 0.2) is 54.2 Å². The van der Waals surface area contributed by atoms with Crippen molar-refractivity contribution in [2.75, 3.05) is 5.32 Å². The molecule has 0 spiro atoms. The minimum atomic E-state index is -0.263. The number of ether oxygens (including phenoxy) is 1. The van der Waals surface area contributed by atoms with E-state index in [1.165, 1.54) is 11.3 Å². The van der Waals surface area contributed by atoms with Gasteiger partial charge in [-0.1, -0.05) is 12.1 Å². The lowest BCUT2D eigenvalue weighted by Crippen LogP contribution is -2.14. The number of hydrogen-bond acceptors (Lipinski definition) is 5. The fourth-order valence-corrected chi connectivity index (χ4v) is 2.90. The van der Waals surface area contributed by atoms with Crippen molar-refractivity contribution in [3.8, 4) is 16.3 Å². The van der Waals surface area contributed by atoms with Crippen molar-refractivity contribution >= 4 is 22.9 Å². The van der Waals surface area contributed by atoms with Crippen LogP contribution in [-0.2, 0) is 0 Å². The van der Waals surface area contributed by atoms with Crippen LogP contribution < -0.4 is 10.1 Å². The number of hydrogen-bond donors (Lipinski definition) is 1. The smallest absolute Gasteiger partial charge is 0.275 e. The van der Waals surface area contributed by atoms with Crippen LogP contribution in [0.25, 0.3) is 10.6 Å². The first-order chi connectivity index (χ1) is 11.6. The van der Waals surface area contributed by atoms with E-state index in [-0.39, 0.29) is 12.0 Å². The van der Waals surface area contributed by atoms with Crippen LogP contribution in [-0.4, -0.2) is 22.0 Å². The molecule has 3 aromatic rings. The van der Waals surface area contributed by atoms with Gasteiger partial charge in [-0.25, -0.2) is 4.98 Å². The summed E-state index contributed by atoms with van der Waals surface area (Å²) in [5.41, 5.74) is 1.90. The van der Waals surface area contributed by atoms with Crippen LogP contribution >= 0.6 is 11.3 Å². The van der Waals surface area contributed by atoms with E-state index >= 15 is 0 Å². The van der Waals surface area contributed by atoms with Gasteiger partial charge in [-0.3, -0.25) is 9.78 Å². The van der Waals surface area contributed by atoms with E-state index in [4.69, 9.17) is 4.74 Å². The van der Waals surface area contributed by atoms with Crippen molar-refractivity contribution in [2.45, 2.75) is 20.0 Å². The van der Waals surface area contributed by atoms with Crippen LogP contribution in [0.4, 0.5) is 5.69 Å². The molecule has 0 aliphatic heterocycles. The molecule has 0 saturated heterocycles. The van der Waals surface area contributed by atoms with Gasteiger partial charge in [0.05, 0.1) is 11.8 Å². The van der Waals surface area contributed by atoms with Gasteiger partial charge in [-0.05, 0) is 38.1 Å². The highest BCUT2D eigenvalue weighted by molar-refractivity contribution is 7.13. The predicted octanol–water partition coefficient (Wildman–Crippen LogP) is 4.24. The molecule has 6 heteroatoms. The molecule has 0 saturated carbocycles. The number of pyridine rings is 1. The number of amides is 1. The maximum atomic E-state index is 12.5. The normalized spacial score (nSPS) is 10.6. The first-order valence-electron chi connectivity index (χ1n) is 7.56. The Labute approximate surface area is 144 Å². The average molecular weight is 339 g/mol. The quantitative estimate of drug-likeness (QED) is 0.755. The monoisotopic (exact) mass is 339 g/mol. The summed E-state index contributed by atoms with van der Waals surface area (Å²) in [6.45, 7) is 3.89. The zero-order chi connectivity index (χ0) is 16.9. The van der Waals surface area contributed by atoms with Crippen molar-refractivity contribution in [1.82, 2.24) is 9.97 Å². The van der Waals surface area contributed by atoms with Crippen molar-refractivity contribution in [3.05, 3.63) is 59.9 Å². The summed E-state index contributed by atoms with van der Waals surface area (Å²) >= 11 is 1.41. The molecule has 0 fully saturated rings. The van der Waals surface area contributed by atoms with E-state index in [1.807, 2.05) is 50.2 Å². The minimum absolute atomic E-state index is 0.0273. The topological polar surface area (TPSA) is 64.1 Å². The highest BCUT2D eigenvalue weighted by atomic mass is 32.1. The van der Waals surface area contributed by atoms with Gasteiger partial charge in [0.15, 0.2) is 0 Å². The molecule has 0 aliphatic carbocycles. The number of aromatic nitrogens is 2. The van der Waals surface area contributed by atoms with Gasteiger partial charge in [0.1, 0.15) is 16.5 Å². The number of anilines is 1. The summed E-state index contributed by atoms with van der Waals surface area (Å²) in [5.74, 6) is 0.379. The lowest BCUT2D eigenvalue weighted by Gasteiger charge is -2.14. The number of nitrogens with zero attached hydrogens (tertiary/aromatic N) is 2. The third-order valence-electron chi connectivity index (χ3n) is 3.14. The van der Waals surface area contributed by atoms with Crippen LogP contribution in [0, 0.1) is 0 Å². The Balaban J connectivity index is 1.78. The lowest BCUT2D eigenvalue weighted by molar-refractivity contribution is 0.102. The SMILES string of the molecule is CC(C)Oc1ccccc1NC(=O)c1csc(-c2cccnc2)n1. The van der Waals surface area contributed by atoms with Gasteiger partial charge in [0.2, 0.25) is 0 Å². The largest absolute Gasteiger partial charge is 0.489 e. The first kappa shape index (κ1) is 16.1. The van der Waals surface area contributed by atoms with Gasteiger partial charge in [-0.2, -0.15) is 0 Å². The molecular formula is C18H17N3O2S. The van der Waals surface area contributed by atoms with Gasteiger partial charge in [-0.15, -0.1) is 11.3 Å². The number of rotatable bonds is 5. The van der Waals surface area contributed by atoms with E-state index in [9.17, 15) is 4.79 Å². The molecule has 3 rings (SSSR count). The summed E-state index contributed by atoms with van der Waals surface area (Å²) in [6, 6.07) is 11.1. The molecule has 0 aliphatic rings. The van der Waals surface area contributed by atoms with Crippen molar-refractivity contribution in [3.63, 3.8) is 0 Å². The molecular weight excluding hydrogens is 322 g/mol. The highest BCUT2D eigenvalue weighted by Gasteiger charge is 2.14. The van der Waals surface area contributed by atoms with Gasteiger partial charge >= 0.3 is 0 Å². The standard InChI is InChI=1S/C18H17N3O2S/c1-12(2)23-16-8-4-3-7-14(16)20-17(22)15-11-24-18(21-15)13-6-5-9-19-10-13/h3-12H,1-2H3,(H,20,22). The van der Waals surface area contributed by atoms with Gasteiger partial charge in [0.25, 0.3) is 5.91 Å². The minimum Gasteiger partial charge on any atom is -0.489 e. The van der Waals surface area contributed by atoms with Crippen molar-refractivity contribution in [1.29, 1.82) is 0 Å². The summed E-state index contributed by atoms with van der Waals surface area (Å²) in [4.78, 5) is 20.9. The molecule has 1 amide bonds. The van der Waals surface area contributed by atoms with Gasteiger partial charge in [0, 0.05) is 23.3 Å². The second-order valence-electron chi connectivity index (χ2n) is 5.40. The molecule has 0 unspecified atom stereocenters. The molecule has 1 aromatic carbocycles. The summed E-state index contributed by atoms with van der Waals surface area (Å²) in [6.07, 6.45) is 3.46. The van der Waals surface area contributed by atoms with Crippen LogP contribution in [0.3, 0.4) is 0 Å². The Morgan fingerprint density at radius 2 is 2.04 bits per heavy atom.